The maximum atomic E-state index is 11.3. The molecule has 4 aromatic rings. The average molecular weight is 534 g/mol. The number of aromatic nitrogens is 2. The number of para-hydroxylation sites is 1. The molecule has 0 bridgehead atoms. The smallest absolute Gasteiger partial charge is 0.189 e. The van der Waals surface area contributed by atoms with Crippen LogP contribution >= 0.6 is 11.3 Å². The van der Waals surface area contributed by atoms with Gasteiger partial charge >= 0.3 is 0 Å². The number of hydrogen-bond donors (Lipinski definition) is 2. The molecule has 0 saturated heterocycles. The van der Waals surface area contributed by atoms with Crippen molar-refractivity contribution >= 4 is 43.8 Å². The van der Waals surface area contributed by atoms with Crippen molar-refractivity contribution in [2.75, 3.05) is 28.8 Å². The van der Waals surface area contributed by atoms with Gasteiger partial charge in [-0.05, 0) is 42.5 Å². The highest BCUT2D eigenvalue weighted by Gasteiger charge is 2.18. The summed E-state index contributed by atoms with van der Waals surface area (Å²) in [7, 11) is -2.97. The van der Waals surface area contributed by atoms with Gasteiger partial charge in [0, 0.05) is 59.6 Å². The normalized spacial score (nSPS) is 12.8. The minimum absolute atomic E-state index is 0.122. The quantitative estimate of drug-likeness (QED) is 0.269. The van der Waals surface area contributed by atoms with Gasteiger partial charge < -0.3 is 20.3 Å². The van der Waals surface area contributed by atoms with Gasteiger partial charge in [0.2, 0.25) is 0 Å². The third-order valence-corrected chi connectivity index (χ3v) is 7.68. The van der Waals surface area contributed by atoms with Crippen LogP contribution in [0.15, 0.2) is 79.4 Å². The van der Waals surface area contributed by atoms with E-state index in [1.54, 1.807) is 11.3 Å². The van der Waals surface area contributed by atoms with Crippen LogP contribution < -0.4 is 20.3 Å². The highest BCUT2D eigenvalue weighted by Crippen LogP contribution is 2.33. The predicted octanol–water partition coefficient (Wildman–Crippen LogP) is 5.20. The molecule has 1 aliphatic heterocycles. The third kappa shape index (κ3) is 6.73. The second kappa shape index (κ2) is 11.1. The number of rotatable bonds is 10. The lowest BCUT2D eigenvalue weighted by molar-refractivity contribution is 0.483. The van der Waals surface area contributed by atoms with Gasteiger partial charge in [-0.2, -0.15) is 0 Å². The topological polar surface area (TPSA) is 96.5 Å². The molecule has 2 aromatic carbocycles. The molecular formula is C27H27N5O3S2. The molecular weight excluding hydrogens is 506 g/mol. The average Bonchev–Trinajstić information content (AvgIpc) is 3.37. The maximum Gasteiger partial charge on any atom is 0.189 e. The second-order valence-corrected chi connectivity index (χ2v) is 12.0. The number of nitrogens with zero attached hydrogens (tertiary/aromatic N) is 3. The lowest BCUT2D eigenvalue weighted by Gasteiger charge is -2.25. The second-order valence-electron chi connectivity index (χ2n) is 8.68. The number of sulfone groups is 1. The van der Waals surface area contributed by atoms with E-state index in [4.69, 9.17) is 4.74 Å². The van der Waals surface area contributed by atoms with E-state index in [0.717, 1.165) is 44.0 Å². The van der Waals surface area contributed by atoms with E-state index < -0.39 is 9.84 Å². The van der Waals surface area contributed by atoms with Crippen LogP contribution in [0.5, 0.6) is 11.5 Å². The number of thiazole rings is 1. The zero-order valence-corrected chi connectivity index (χ0v) is 21.9. The number of nitrogens with one attached hydrogen (secondary N) is 2. The summed E-state index contributed by atoms with van der Waals surface area (Å²) in [4.78, 5) is 12.1. The van der Waals surface area contributed by atoms with E-state index in [9.17, 15) is 8.42 Å². The SMILES string of the molecule is CS(=O)(=O)CCNCc1cnc(N2C=Cc3cncc(Nc4ccc(Oc5ccccc5)cc4)c3C2)s1. The van der Waals surface area contributed by atoms with E-state index in [1.807, 2.05) is 85.5 Å². The van der Waals surface area contributed by atoms with Gasteiger partial charge in [0.1, 0.15) is 21.3 Å². The molecule has 0 radical (unpaired) electrons. The van der Waals surface area contributed by atoms with E-state index >= 15 is 0 Å². The molecule has 0 saturated carbocycles. The Hall–Kier alpha value is -3.73. The molecule has 0 atom stereocenters. The van der Waals surface area contributed by atoms with E-state index in [1.165, 1.54) is 6.26 Å². The minimum atomic E-state index is -2.97. The molecule has 10 heteroatoms. The molecule has 190 valence electrons. The first-order valence-electron chi connectivity index (χ1n) is 11.8. The van der Waals surface area contributed by atoms with Gasteiger partial charge in [0.05, 0.1) is 24.2 Å². The van der Waals surface area contributed by atoms with Gasteiger partial charge in [0.25, 0.3) is 0 Å². The molecule has 1 aliphatic rings. The standard InChI is InChI=1S/C27H27N5O3S2/c1-37(33,34)14-12-28-16-24-17-30-27(36-24)32-13-11-20-15-29-18-26(25(20)19-32)31-21-7-9-23(10-8-21)35-22-5-3-2-4-6-22/h2-11,13,15,17-18,28,31H,12,14,16,19H2,1H3. The Kier molecular flexibility index (Phi) is 7.50. The van der Waals surface area contributed by atoms with Crippen molar-refractivity contribution in [3.63, 3.8) is 0 Å². The number of benzene rings is 2. The Morgan fingerprint density at radius 2 is 1.81 bits per heavy atom. The number of pyridine rings is 1. The number of hydrogen-bond acceptors (Lipinski definition) is 9. The summed E-state index contributed by atoms with van der Waals surface area (Å²) in [5.74, 6) is 1.69. The molecule has 0 spiro atoms. The number of anilines is 3. The first-order chi connectivity index (χ1) is 17.9. The lowest BCUT2D eigenvalue weighted by atomic mass is 10.1. The van der Waals surface area contributed by atoms with Crippen molar-refractivity contribution in [2.45, 2.75) is 13.1 Å². The van der Waals surface area contributed by atoms with Crippen molar-refractivity contribution in [2.24, 2.45) is 0 Å². The summed E-state index contributed by atoms with van der Waals surface area (Å²) in [6.07, 6.45) is 10.8. The molecule has 2 N–H and O–H groups in total. The molecule has 0 aliphatic carbocycles. The minimum Gasteiger partial charge on any atom is -0.457 e. The van der Waals surface area contributed by atoms with Crippen molar-refractivity contribution < 1.29 is 13.2 Å². The van der Waals surface area contributed by atoms with Gasteiger partial charge in [-0.3, -0.25) is 4.98 Å². The monoisotopic (exact) mass is 533 g/mol. The maximum absolute atomic E-state index is 11.3. The molecule has 8 nitrogen and oxygen atoms in total. The fraction of sp³-hybridized carbons (Fsp3) is 0.185. The van der Waals surface area contributed by atoms with Crippen LogP contribution in [0.25, 0.3) is 6.08 Å². The van der Waals surface area contributed by atoms with Crippen LogP contribution in [0.2, 0.25) is 0 Å². The highest BCUT2D eigenvalue weighted by atomic mass is 32.2. The summed E-state index contributed by atoms with van der Waals surface area (Å²) in [5.41, 5.74) is 4.06. The Balaban J connectivity index is 1.23. The Morgan fingerprint density at radius 3 is 2.59 bits per heavy atom. The first kappa shape index (κ1) is 24.9. The first-order valence-corrected chi connectivity index (χ1v) is 14.7. The summed E-state index contributed by atoms with van der Waals surface area (Å²) in [5, 5.41) is 7.55. The molecule has 0 unspecified atom stereocenters. The van der Waals surface area contributed by atoms with Gasteiger partial charge in [-0.1, -0.05) is 18.2 Å². The van der Waals surface area contributed by atoms with E-state index in [-0.39, 0.29) is 5.75 Å². The van der Waals surface area contributed by atoms with E-state index in [0.29, 0.717) is 19.6 Å². The lowest BCUT2D eigenvalue weighted by Crippen LogP contribution is -2.21. The van der Waals surface area contributed by atoms with Crippen LogP contribution in [0.4, 0.5) is 16.5 Å². The summed E-state index contributed by atoms with van der Waals surface area (Å²) in [6, 6.07) is 17.5. The van der Waals surface area contributed by atoms with Crippen LogP contribution in [0.1, 0.15) is 16.0 Å². The molecule has 3 heterocycles. The van der Waals surface area contributed by atoms with E-state index in [2.05, 4.69) is 25.5 Å². The van der Waals surface area contributed by atoms with Crippen LogP contribution in [0.3, 0.4) is 0 Å². The zero-order valence-electron chi connectivity index (χ0n) is 20.3. The van der Waals surface area contributed by atoms with Crippen molar-refractivity contribution in [3.8, 4) is 11.5 Å². The Bertz CT molecular complexity index is 1490. The van der Waals surface area contributed by atoms with Crippen molar-refractivity contribution in [1.82, 2.24) is 15.3 Å². The van der Waals surface area contributed by atoms with Crippen LogP contribution in [-0.2, 0) is 22.9 Å². The van der Waals surface area contributed by atoms with Crippen LogP contribution in [0, 0.1) is 0 Å². The number of fused-ring (bicyclic) bond motifs is 1. The van der Waals surface area contributed by atoms with Crippen LogP contribution in [-0.4, -0.2) is 36.9 Å². The zero-order chi connectivity index (χ0) is 25.7. The fourth-order valence-electron chi connectivity index (χ4n) is 3.82. The van der Waals surface area contributed by atoms with Crippen molar-refractivity contribution in [1.29, 1.82) is 0 Å². The van der Waals surface area contributed by atoms with Gasteiger partial charge in [-0.25, -0.2) is 13.4 Å². The molecule has 5 rings (SSSR count). The highest BCUT2D eigenvalue weighted by molar-refractivity contribution is 7.90. The largest absolute Gasteiger partial charge is 0.457 e. The van der Waals surface area contributed by atoms with Crippen molar-refractivity contribution in [3.05, 3.63) is 95.4 Å². The predicted molar refractivity (Wildman–Crippen MR) is 149 cm³/mol. The third-order valence-electron chi connectivity index (χ3n) is 5.70. The summed E-state index contributed by atoms with van der Waals surface area (Å²) < 4.78 is 28.5. The Labute approximate surface area is 220 Å². The van der Waals surface area contributed by atoms with Gasteiger partial charge in [-0.15, -0.1) is 11.3 Å². The summed E-state index contributed by atoms with van der Waals surface area (Å²) in [6.45, 7) is 1.66. The van der Waals surface area contributed by atoms with Gasteiger partial charge in [0.15, 0.2) is 5.13 Å². The molecule has 37 heavy (non-hydrogen) atoms. The summed E-state index contributed by atoms with van der Waals surface area (Å²) >= 11 is 1.59. The molecule has 0 amide bonds. The molecule has 0 fully saturated rings. The Morgan fingerprint density at radius 1 is 1.03 bits per heavy atom. The fourth-order valence-corrected chi connectivity index (χ4v) is 5.20. The molecule has 2 aromatic heterocycles. The number of ether oxygens (including phenoxy) is 1.